The lowest BCUT2D eigenvalue weighted by molar-refractivity contribution is 0.0608. The number of halogens is 2. The highest BCUT2D eigenvalue weighted by atomic mass is 19.3. The van der Waals surface area contributed by atoms with Crippen LogP contribution < -0.4 is 10.6 Å². The van der Waals surface area contributed by atoms with Crippen LogP contribution in [0.4, 0.5) is 13.6 Å². The molecule has 2 rings (SSSR count). The average molecular weight is 312 g/mol. The Hall–Kier alpha value is -1.69. The van der Waals surface area contributed by atoms with E-state index in [0.29, 0.717) is 5.92 Å². The van der Waals surface area contributed by atoms with Crippen LogP contribution in [0.1, 0.15) is 30.9 Å². The summed E-state index contributed by atoms with van der Waals surface area (Å²) in [5.74, 6) is 0.467. The van der Waals surface area contributed by atoms with Gasteiger partial charge in [0.2, 0.25) is 0 Å². The molecule has 6 heteroatoms. The van der Waals surface area contributed by atoms with E-state index in [9.17, 15) is 13.6 Å². The molecule has 1 saturated heterocycles. The van der Waals surface area contributed by atoms with Crippen molar-refractivity contribution >= 4 is 6.03 Å². The maximum atomic E-state index is 12.2. The number of carbonyl (C=O) groups is 1. The Bertz CT molecular complexity index is 451. The van der Waals surface area contributed by atoms with Gasteiger partial charge in [-0.05, 0) is 30.7 Å². The van der Waals surface area contributed by atoms with E-state index in [1.807, 2.05) is 30.3 Å². The summed E-state index contributed by atoms with van der Waals surface area (Å²) in [6, 6.07) is 8.87. The second kappa shape index (κ2) is 8.68. The maximum absolute atomic E-state index is 12.2. The minimum absolute atomic E-state index is 0.179. The summed E-state index contributed by atoms with van der Waals surface area (Å²) in [5.41, 5.74) is 0.987. The highest BCUT2D eigenvalue weighted by Crippen LogP contribution is 2.27. The monoisotopic (exact) mass is 312 g/mol. The Morgan fingerprint density at radius 2 is 1.91 bits per heavy atom. The summed E-state index contributed by atoms with van der Waals surface area (Å²) < 4.78 is 29.7. The van der Waals surface area contributed by atoms with Gasteiger partial charge in [-0.25, -0.2) is 13.6 Å². The molecular weight excluding hydrogens is 290 g/mol. The SMILES string of the molecule is O=C(NCC(F)F)NC(CC1CCOCC1)c1ccccc1. The number of ether oxygens (including phenoxy) is 1. The number of hydrogen-bond acceptors (Lipinski definition) is 2. The third kappa shape index (κ3) is 5.60. The Morgan fingerprint density at radius 3 is 2.55 bits per heavy atom. The van der Waals surface area contributed by atoms with Gasteiger partial charge in [0.1, 0.15) is 0 Å². The van der Waals surface area contributed by atoms with Gasteiger partial charge in [-0.3, -0.25) is 0 Å². The van der Waals surface area contributed by atoms with Gasteiger partial charge < -0.3 is 15.4 Å². The van der Waals surface area contributed by atoms with E-state index in [0.717, 1.165) is 38.0 Å². The highest BCUT2D eigenvalue weighted by Gasteiger charge is 2.22. The molecule has 122 valence electrons. The molecule has 0 radical (unpaired) electrons. The molecule has 0 saturated carbocycles. The average Bonchev–Trinajstić information content (AvgIpc) is 2.54. The predicted octanol–water partition coefficient (Wildman–Crippen LogP) is 3.11. The standard InChI is InChI=1S/C16H22F2N2O2/c17-15(18)11-19-16(21)20-14(13-4-2-1-3-5-13)10-12-6-8-22-9-7-12/h1-5,12,14-15H,6-11H2,(H2,19,20,21). The molecule has 1 aliphatic heterocycles. The normalized spacial score (nSPS) is 17.2. The molecule has 2 N–H and O–H groups in total. The first-order valence-corrected chi connectivity index (χ1v) is 7.60. The van der Waals surface area contributed by atoms with Crippen LogP contribution in [-0.4, -0.2) is 32.2 Å². The van der Waals surface area contributed by atoms with Crippen LogP contribution >= 0.6 is 0 Å². The molecule has 1 fully saturated rings. The fourth-order valence-corrected chi connectivity index (χ4v) is 2.66. The van der Waals surface area contributed by atoms with E-state index < -0.39 is 19.0 Å². The van der Waals surface area contributed by atoms with Gasteiger partial charge in [-0.1, -0.05) is 30.3 Å². The molecule has 0 spiro atoms. The molecule has 0 aliphatic carbocycles. The number of alkyl halides is 2. The number of rotatable bonds is 6. The third-order valence-corrected chi connectivity index (χ3v) is 3.83. The first-order valence-electron chi connectivity index (χ1n) is 7.60. The molecule has 1 unspecified atom stereocenters. The molecule has 4 nitrogen and oxygen atoms in total. The largest absolute Gasteiger partial charge is 0.381 e. The Labute approximate surface area is 129 Å². The molecule has 0 bridgehead atoms. The van der Waals surface area contributed by atoms with Crippen LogP contribution in [0.2, 0.25) is 0 Å². The molecule has 1 aromatic carbocycles. The van der Waals surface area contributed by atoms with Gasteiger partial charge in [-0.15, -0.1) is 0 Å². The number of carbonyl (C=O) groups excluding carboxylic acids is 1. The lowest BCUT2D eigenvalue weighted by Gasteiger charge is -2.27. The fourth-order valence-electron chi connectivity index (χ4n) is 2.66. The van der Waals surface area contributed by atoms with E-state index >= 15 is 0 Å². The van der Waals surface area contributed by atoms with Crippen molar-refractivity contribution < 1.29 is 18.3 Å². The number of amides is 2. The Morgan fingerprint density at radius 1 is 1.23 bits per heavy atom. The highest BCUT2D eigenvalue weighted by molar-refractivity contribution is 5.74. The van der Waals surface area contributed by atoms with Crippen LogP contribution in [-0.2, 0) is 4.74 Å². The van der Waals surface area contributed by atoms with Gasteiger partial charge in [0, 0.05) is 13.2 Å². The van der Waals surface area contributed by atoms with Crippen molar-refractivity contribution in [3.8, 4) is 0 Å². The Balaban J connectivity index is 1.96. The summed E-state index contributed by atoms with van der Waals surface area (Å²) in [7, 11) is 0. The van der Waals surface area contributed by atoms with Crippen molar-refractivity contribution in [3.63, 3.8) is 0 Å². The second-order valence-corrected chi connectivity index (χ2v) is 5.50. The molecule has 1 aliphatic rings. The zero-order valence-electron chi connectivity index (χ0n) is 12.4. The zero-order chi connectivity index (χ0) is 15.8. The van der Waals surface area contributed by atoms with Crippen LogP contribution in [0.5, 0.6) is 0 Å². The quantitative estimate of drug-likeness (QED) is 0.848. The van der Waals surface area contributed by atoms with Crippen molar-refractivity contribution in [2.75, 3.05) is 19.8 Å². The molecule has 0 aromatic heterocycles. The van der Waals surface area contributed by atoms with Crippen molar-refractivity contribution in [1.82, 2.24) is 10.6 Å². The number of benzene rings is 1. The lowest BCUT2D eigenvalue weighted by Crippen LogP contribution is -2.40. The van der Waals surface area contributed by atoms with Crippen molar-refractivity contribution in [3.05, 3.63) is 35.9 Å². The molecule has 1 atom stereocenters. The topological polar surface area (TPSA) is 50.4 Å². The molecular formula is C16H22F2N2O2. The maximum Gasteiger partial charge on any atom is 0.315 e. The van der Waals surface area contributed by atoms with E-state index in [1.54, 1.807) is 0 Å². The smallest absolute Gasteiger partial charge is 0.315 e. The van der Waals surface area contributed by atoms with Gasteiger partial charge >= 0.3 is 6.03 Å². The van der Waals surface area contributed by atoms with E-state index in [2.05, 4.69) is 10.6 Å². The van der Waals surface area contributed by atoms with E-state index in [4.69, 9.17) is 4.74 Å². The zero-order valence-corrected chi connectivity index (χ0v) is 12.4. The summed E-state index contributed by atoms with van der Waals surface area (Å²) in [5, 5.41) is 5.01. The van der Waals surface area contributed by atoms with Crippen molar-refractivity contribution in [2.45, 2.75) is 31.7 Å². The Kier molecular flexibility index (Phi) is 6.58. The minimum Gasteiger partial charge on any atom is -0.381 e. The summed E-state index contributed by atoms with van der Waals surface area (Å²) in [4.78, 5) is 11.8. The molecule has 2 amide bonds. The lowest BCUT2D eigenvalue weighted by atomic mass is 9.89. The van der Waals surface area contributed by atoms with Crippen LogP contribution in [0.25, 0.3) is 0 Å². The molecule has 1 heterocycles. The van der Waals surface area contributed by atoms with Crippen LogP contribution in [0, 0.1) is 5.92 Å². The van der Waals surface area contributed by atoms with Crippen LogP contribution in [0.15, 0.2) is 30.3 Å². The fraction of sp³-hybridized carbons (Fsp3) is 0.562. The summed E-state index contributed by atoms with van der Waals surface area (Å²) >= 11 is 0. The van der Waals surface area contributed by atoms with Gasteiger partial charge in [0.15, 0.2) is 0 Å². The number of urea groups is 1. The van der Waals surface area contributed by atoms with Crippen LogP contribution in [0.3, 0.4) is 0 Å². The van der Waals surface area contributed by atoms with E-state index in [1.165, 1.54) is 0 Å². The number of nitrogens with one attached hydrogen (secondary N) is 2. The summed E-state index contributed by atoms with van der Waals surface area (Å²) in [6.45, 7) is 0.845. The minimum atomic E-state index is -2.54. The summed E-state index contributed by atoms with van der Waals surface area (Å²) in [6.07, 6.45) is 0.166. The van der Waals surface area contributed by atoms with Gasteiger partial charge in [0.25, 0.3) is 6.43 Å². The van der Waals surface area contributed by atoms with Crippen molar-refractivity contribution in [1.29, 1.82) is 0 Å². The first kappa shape index (κ1) is 16.7. The van der Waals surface area contributed by atoms with Gasteiger partial charge in [0.05, 0.1) is 12.6 Å². The van der Waals surface area contributed by atoms with Crippen molar-refractivity contribution in [2.24, 2.45) is 5.92 Å². The molecule has 22 heavy (non-hydrogen) atoms. The number of hydrogen-bond donors (Lipinski definition) is 2. The molecule has 1 aromatic rings. The van der Waals surface area contributed by atoms with E-state index in [-0.39, 0.29) is 6.04 Å². The second-order valence-electron chi connectivity index (χ2n) is 5.50. The predicted molar refractivity (Wildman–Crippen MR) is 79.9 cm³/mol. The van der Waals surface area contributed by atoms with Gasteiger partial charge in [-0.2, -0.15) is 0 Å². The third-order valence-electron chi connectivity index (χ3n) is 3.83. The first-order chi connectivity index (χ1) is 10.6.